The molecule has 1 atom stereocenters. The van der Waals surface area contributed by atoms with Gasteiger partial charge in [0.1, 0.15) is 6.61 Å². The van der Waals surface area contributed by atoms with E-state index in [-0.39, 0.29) is 24.5 Å². The van der Waals surface area contributed by atoms with Gasteiger partial charge in [-0.25, -0.2) is 14.4 Å². The minimum absolute atomic E-state index is 0.200. The highest BCUT2D eigenvalue weighted by Crippen LogP contribution is 2.30. The van der Waals surface area contributed by atoms with Crippen LogP contribution in [0, 0.1) is 0 Å². The first-order valence-corrected chi connectivity index (χ1v) is 10.5. The summed E-state index contributed by atoms with van der Waals surface area (Å²) >= 11 is 0. The van der Waals surface area contributed by atoms with Gasteiger partial charge in [-0.15, -0.1) is 0 Å². The minimum Gasteiger partial charge on any atom is -0.463 e. The Hall–Kier alpha value is -3.42. The van der Waals surface area contributed by atoms with E-state index in [9.17, 15) is 14.4 Å². The van der Waals surface area contributed by atoms with Gasteiger partial charge in [-0.2, -0.15) is 0 Å². The molecule has 0 spiro atoms. The number of hydrogen-bond donors (Lipinski definition) is 2. The fourth-order valence-corrected chi connectivity index (χ4v) is 4.21. The van der Waals surface area contributed by atoms with E-state index in [2.05, 4.69) is 10.6 Å². The first kappa shape index (κ1) is 20.8. The fraction of sp³-hybridized carbons (Fsp3) is 0.391. The van der Waals surface area contributed by atoms with E-state index in [0.29, 0.717) is 5.56 Å². The van der Waals surface area contributed by atoms with Crippen molar-refractivity contribution in [3.63, 3.8) is 0 Å². The maximum Gasteiger partial charge on any atom is 0.339 e. The third-order valence-corrected chi connectivity index (χ3v) is 5.59. The quantitative estimate of drug-likeness (QED) is 0.717. The molecule has 2 amide bonds. The summed E-state index contributed by atoms with van der Waals surface area (Å²) in [6.07, 6.45) is 3.63. The van der Waals surface area contributed by atoms with Crippen LogP contribution in [-0.4, -0.2) is 42.2 Å². The lowest BCUT2D eigenvalue weighted by molar-refractivity contribution is -0.139. The van der Waals surface area contributed by atoms with E-state index >= 15 is 0 Å². The van der Waals surface area contributed by atoms with Gasteiger partial charge in [-0.1, -0.05) is 18.2 Å². The Kier molecular flexibility index (Phi) is 5.88. The second-order valence-electron chi connectivity index (χ2n) is 7.65. The van der Waals surface area contributed by atoms with Crippen LogP contribution in [0.1, 0.15) is 48.3 Å². The van der Waals surface area contributed by atoms with Crippen LogP contribution < -0.4 is 10.6 Å². The van der Waals surface area contributed by atoms with Gasteiger partial charge in [0.05, 0.1) is 35.0 Å². The summed E-state index contributed by atoms with van der Waals surface area (Å²) in [7, 11) is 0. The number of aryl methyl sites for hydroxylation is 1. The number of benzene rings is 1. The number of fused-ring (bicyclic) bond motifs is 2. The van der Waals surface area contributed by atoms with E-state index in [0.717, 1.165) is 47.8 Å². The second kappa shape index (κ2) is 8.75. The zero-order valence-corrected chi connectivity index (χ0v) is 17.6. The smallest absolute Gasteiger partial charge is 0.339 e. The third kappa shape index (κ3) is 4.10. The molecule has 1 aliphatic carbocycles. The second-order valence-corrected chi connectivity index (χ2v) is 7.65. The van der Waals surface area contributed by atoms with Crippen molar-refractivity contribution in [1.82, 2.24) is 15.6 Å². The molecule has 8 heteroatoms. The first-order valence-electron chi connectivity index (χ1n) is 10.5. The van der Waals surface area contributed by atoms with Crippen LogP contribution >= 0.6 is 0 Å². The van der Waals surface area contributed by atoms with Gasteiger partial charge in [0, 0.05) is 11.1 Å². The molecule has 0 saturated heterocycles. The van der Waals surface area contributed by atoms with Crippen LogP contribution in [0.3, 0.4) is 0 Å². The van der Waals surface area contributed by atoms with Crippen LogP contribution in [-0.2, 0) is 27.1 Å². The number of hydrogen-bond acceptors (Lipinski definition) is 6. The number of rotatable bonds is 5. The summed E-state index contributed by atoms with van der Waals surface area (Å²) in [5.74, 6) is -1.05. The van der Waals surface area contributed by atoms with Crippen molar-refractivity contribution in [2.45, 2.75) is 45.6 Å². The SMILES string of the molecule is CCOC(=O)C1=C(COC(=O)c2c3c(nc4ccccc24)CCCC3)NC(=O)N[C@H]1C. The lowest BCUT2D eigenvalue weighted by Gasteiger charge is -2.26. The van der Waals surface area contributed by atoms with Crippen molar-refractivity contribution in [1.29, 1.82) is 0 Å². The van der Waals surface area contributed by atoms with E-state index in [1.165, 1.54) is 0 Å². The predicted molar refractivity (Wildman–Crippen MR) is 113 cm³/mol. The number of carbonyl (C=O) groups excluding carboxylic acids is 3. The summed E-state index contributed by atoms with van der Waals surface area (Å²) < 4.78 is 10.7. The van der Waals surface area contributed by atoms with Gasteiger partial charge in [0.15, 0.2) is 0 Å². The zero-order chi connectivity index (χ0) is 22.0. The molecule has 2 aliphatic rings. The molecule has 0 bridgehead atoms. The van der Waals surface area contributed by atoms with Crippen LogP contribution in [0.2, 0.25) is 0 Å². The number of ether oxygens (including phenoxy) is 2. The number of nitrogens with one attached hydrogen (secondary N) is 2. The Labute approximate surface area is 180 Å². The zero-order valence-electron chi connectivity index (χ0n) is 17.6. The normalized spacial score (nSPS) is 18.1. The summed E-state index contributed by atoms with van der Waals surface area (Å²) in [5.41, 5.74) is 3.62. The predicted octanol–water partition coefficient (Wildman–Crippen LogP) is 2.79. The van der Waals surface area contributed by atoms with Gasteiger partial charge < -0.3 is 20.1 Å². The van der Waals surface area contributed by atoms with E-state index in [1.807, 2.05) is 24.3 Å². The van der Waals surface area contributed by atoms with Crippen molar-refractivity contribution in [2.75, 3.05) is 13.2 Å². The van der Waals surface area contributed by atoms with E-state index in [4.69, 9.17) is 14.5 Å². The topological polar surface area (TPSA) is 107 Å². The Morgan fingerprint density at radius 2 is 1.90 bits per heavy atom. The van der Waals surface area contributed by atoms with Gasteiger partial charge in [-0.3, -0.25) is 4.98 Å². The molecule has 162 valence electrons. The molecule has 2 aromatic rings. The van der Waals surface area contributed by atoms with Crippen LogP contribution in [0.25, 0.3) is 10.9 Å². The summed E-state index contributed by atoms with van der Waals surface area (Å²) in [5, 5.41) is 5.95. The van der Waals surface area contributed by atoms with Gasteiger partial charge in [0.25, 0.3) is 0 Å². The lowest BCUT2D eigenvalue weighted by Crippen LogP contribution is -2.50. The molecular weight excluding hydrogens is 398 g/mol. The number of aromatic nitrogens is 1. The van der Waals surface area contributed by atoms with Gasteiger partial charge in [0.2, 0.25) is 0 Å². The Balaban J connectivity index is 1.67. The van der Waals surface area contributed by atoms with E-state index < -0.39 is 24.0 Å². The standard InChI is InChI=1S/C23H25N3O5/c1-3-30-21(27)19-13(2)24-23(29)26-18(19)12-31-22(28)20-14-8-4-6-10-16(14)25-17-11-7-5-9-15(17)20/h4,6,8,10,13H,3,5,7,9,11-12H2,1-2H3,(H2,24,26,29)/t13-/m0/s1. The summed E-state index contributed by atoms with van der Waals surface area (Å²) in [4.78, 5) is 42.3. The molecule has 2 heterocycles. The van der Waals surface area contributed by atoms with Gasteiger partial charge >= 0.3 is 18.0 Å². The molecule has 0 radical (unpaired) electrons. The molecule has 8 nitrogen and oxygen atoms in total. The number of para-hydroxylation sites is 1. The van der Waals surface area contributed by atoms with Crippen LogP contribution in [0.15, 0.2) is 35.5 Å². The number of carbonyl (C=O) groups is 3. The highest BCUT2D eigenvalue weighted by Gasteiger charge is 2.31. The number of urea groups is 1. The summed E-state index contributed by atoms with van der Waals surface area (Å²) in [6.45, 7) is 3.34. The Bertz CT molecular complexity index is 1090. The maximum absolute atomic E-state index is 13.2. The van der Waals surface area contributed by atoms with Crippen molar-refractivity contribution in [3.05, 3.63) is 52.4 Å². The molecule has 2 N–H and O–H groups in total. The molecule has 31 heavy (non-hydrogen) atoms. The highest BCUT2D eigenvalue weighted by atomic mass is 16.5. The van der Waals surface area contributed by atoms with E-state index in [1.54, 1.807) is 13.8 Å². The number of nitrogens with zero attached hydrogens (tertiary/aromatic N) is 1. The van der Waals surface area contributed by atoms with Crippen LogP contribution in [0.4, 0.5) is 4.79 Å². The highest BCUT2D eigenvalue weighted by molar-refractivity contribution is 6.05. The number of esters is 2. The van der Waals surface area contributed by atoms with Crippen molar-refractivity contribution >= 4 is 28.9 Å². The molecule has 0 unspecified atom stereocenters. The van der Waals surface area contributed by atoms with Crippen molar-refractivity contribution in [3.8, 4) is 0 Å². The van der Waals surface area contributed by atoms with Crippen molar-refractivity contribution in [2.24, 2.45) is 0 Å². The van der Waals surface area contributed by atoms with Crippen LogP contribution in [0.5, 0.6) is 0 Å². The molecule has 0 fully saturated rings. The number of amides is 2. The minimum atomic E-state index is -0.559. The maximum atomic E-state index is 13.2. The Morgan fingerprint density at radius 1 is 1.13 bits per heavy atom. The average Bonchev–Trinajstić information content (AvgIpc) is 2.75. The summed E-state index contributed by atoms with van der Waals surface area (Å²) in [6, 6.07) is 6.49. The molecular formula is C23H25N3O5. The van der Waals surface area contributed by atoms with Crippen molar-refractivity contribution < 1.29 is 23.9 Å². The molecule has 1 aliphatic heterocycles. The molecule has 1 aromatic carbocycles. The fourth-order valence-electron chi connectivity index (χ4n) is 4.21. The molecule has 1 aromatic heterocycles. The number of pyridine rings is 1. The van der Waals surface area contributed by atoms with Gasteiger partial charge in [-0.05, 0) is 51.2 Å². The largest absolute Gasteiger partial charge is 0.463 e. The molecule has 4 rings (SSSR count). The monoisotopic (exact) mass is 423 g/mol. The first-order chi connectivity index (χ1) is 15.0. The third-order valence-electron chi connectivity index (χ3n) is 5.59. The molecule has 0 saturated carbocycles. The lowest BCUT2D eigenvalue weighted by atomic mass is 9.90. The average molecular weight is 423 g/mol. The Morgan fingerprint density at radius 3 is 2.71 bits per heavy atom.